The van der Waals surface area contributed by atoms with Crippen LogP contribution in [-0.2, 0) is 4.79 Å². The van der Waals surface area contributed by atoms with Gasteiger partial charge >= 0.3 is 0 Å². The van der Waals surface area contributed by atoms with E-state index in [1.807, 2.05) is 12.1 Å². The number of benzene rings is 3. The first-order chi connectivity index (χ1) is 15.6. The van der Waals surface area contributed by atoms with Gasteiger partial charge in [0, 0.05) is 16.8 Å². The molecule has 3 amide bonds. The van der Waals surface area contributed by atoms with Crippen molar-refractivity contribution in [3.8, 4) is 0 Å². The van der Waals surface area contributed by atoms with Crippen LogP contribution in [-0.4, -0.2) is 39.1 Å². The van der Waals surface area contributed by atoms with Gasteiger partial charge in [-0.2, -0.15) is 0 Å². The van der Waals surface area contributed by atoms with Gasteiger partial charge in [0.1, 0.15) is 12.7 Å². The number of para-hydroxylation sites is 1. The molecule has 1 unspecified atom stereocenters. The number of rotatable bonds is 3. The van der Waals surface area contributed by atoms with E-state index in [4.69, 9.17) is 0 Å². The van der Waals surface area contributed by atoms with Gasteiger partial charge in [0.2, 0.25) is 5.91 Å². The molecule has 6 rings (SSSR count). The van der Waals surface area contributed by atoms with E-state index in [0.717, 1.165) is 11.0 Å². The van der Waals surface area contributed by atoms with Gasteiger partial charge in [-0.25, -0.2) is 4.98 Å². The fourth-order valence-corrected chi connectivity index (χ4v) is 4.50. The summed E-state index contributed by atoms with van der Waals surface area (Å²) in [5, 5.41) is 2.85. The fourth-order valence-electron chi connectivity index (χ4n) is 4.50. The van der Waals surface area contributed by atoms with Gasteiger partial charge in [0.15, 0.2) is 0 Å². The minimum atomic E-state index is -0.665. The number of fused-ring (bicyclic) bond motifs is 6. The third kappa shape index (κ3) is 2.63. The maximum Gasteiger partial charge on any atom is 0.260 e. The summed E-state index contributed by atoms with van der Waals surface area (Å²) in [6.45, 7) is -0.197. The molecule has 156 valence electrons. The zero-order valence-electron chi connectivity index (χ0n) is 16.8. The molecule has 0 saturated carbocycles. The maximum absolute atomic E-state index is 13.4. The smallest absolute Gasteiger partial charge is 0.260 e. The number of H-pyrrole nitrogens is 1. The van der Waals surface area contributed by atoms with Crippen LogP contribution in [0.3, 0.4) is 0 Å². The topological polar surface area (TPSA) is 98.4 Å². The quantitative estimate of drug-likeness (QED) is 0.528. The van der Waals surface area contributed by atoms with Crippen LogP contribution in [0.5, 0.6) is 0 Å². The summed E-state index contributed by atoms with van der Waals surface area (Å²) >= 11 is 0. The molecule has 0 saturated heterocycles. The monoisotopic (exact) mass is 423 g/mol. The molecular formula is C24H17N5O3. The summed E-state index contributed by atoms with van der Waals surface area (Å²) in [6.07, 6.45) is 0.922. The van der Waals surface area contributed by atoms with E-state index in [1.165, 1.54) is 4.90 Å². The van der Waals surface area contributed by atoms with Gasteiger partial charge in [0.25, 0.3) is 11.8 Å². The molecule has 2 aliphatic rings. The highest BCUT2D eigenvalue weighted by Gasteiger charge is 2.48. The van der Waals surface area contributed by atoms with Gasteiger partial charge in [-0.05, 0) is 36.4 Å². The Morgan fingerprint density at radius 1 is 0.969 bits per heavy atom. The third-order valence-electron chi connectivity index (χ3n) is 5.90. The zero-order valence-corrected chi connectivity index (χ0v) is 16.8. The molecule has 0 fully saturated rings. The maximum atomic E-state index is 13.4. The van der Waals surface area contributed by atoms with Crippen LogP contribution in [0.25, 0.3) is 11.0 Å². The van der Waals surface area contributed by atoms with Crippen molar-refractivity contribution in [2.75, 3.05) is 16.8 Å². The number of amides is 3. The number of aromatic amines is 1. The molecule has 2 N–H and O–H groups in total. The number of aromatic nitrogens is 2. The van der Waals surface area contributed by atoms with Gasteiger partial charge < -0.3 is 15.2 Å². The first kappa shape index (κ1) is 18.3. The summed E-state index contributed by atoms with van der Waals surface area (Å²) < 4.78 is 0. The van der Waals surface area contributed by atoms with E-state index in [9.17, 15) is 14.4 Å². The predicted octanol–water partition coefficient (Wildman–Crippen LogP) is 3.32. The average molecular weight is 423 g/mol. The van der Waals surface area contributed by atoms with E-state index in [2.05, 4.69) is 15.3 Å². The summed E-state index contributed by atoms with van der Waals surface area (Å²) in [4.78, 5) is 49.8. The van der Waals surface area contributed by atoms with Gasteiger partial charge in [0.05, 0.1) is 28.6 Å². The Labute approximate surface area is 182 Å². The SMILES string of the molecule is O=C(CN1C(=O)c2ccccc2N2C(=O)c3ccccc3C12)Nc1ccc2nc[nH]c2c1. The highest BCUT2D eigenvalue weighted by molar-refractivity contribution is 6.17. The van der Waals surface area contributed by atoms with Crippen LogP contribution in [0.4, 0.5) is 11.4 Å². The Bertz CT molecular complexity index is 1430. The number of imidazole rings is 1. The van der Waals surface area contributed by atoms with Crippen molar-refractivity contribution < 1.29 is 14.4 Å². The largest absolute Gasteiger partial charge is 0.345 e. The molecule has 2 aliphatic heterocycles. The number of hydrogen-bond donors (Lipinski definition) is 2. The molecule has 32 heavy (non-hydrogen) atoms. The molecule has 3 heterocycles. The first-order valence-corrected chi connectivity index (χ1v) is 10.2. The van der Waals surface area contributed by atoms with Crippen molar-refractivity contribution >= 4 is 40.1 Å². The van der Waals surface area contributed by atoms with E-state index < -0.39 is 6.17 Å². The molecule has 8 nitrogen and oxygen atoms in total. The molecule has 0 bridgehead atoms. The highest BCUT2D eigenvalue weighted by atomic mass is 16.2. The molecule has 0 radical (unpaired) electrons. The minimum Gasteiger partial charge on any atom is -0.345 e. The van der Waals surface area contributed by atoms with Gasteiger partial charge in [-0.1, -0.05) is 30.3 Å². The Hall–Kier alpha value is -4.46. The first-order valence-electron chi connectivity index (χ1n) is 10.2. The third-order valence-corrected chi connectivity index (χ3v) is 5.90. The van der Waals surface area contributed by atoms with Crippen LogP contribution < -0.4 is 10.2 Å². The van der Waals surface area contributed by atoms with Crippen molar-refractivity contribution in [2.24, 2.45) is 0 Å². The molecule has 4 aromatic rings. The second-order valence-electron chi connectivity index (χ2n) is 7.77. The number of carbonyl (C=O) groups excluding carboxylic acids is 3. The lowest BCUT2D eigenvalue weighted by Gasteiger charge is -2.40. The van der Waals surface area contributed by atoms with E-state index in [-0.39, 0.29) is 24.3 Å². The number of carbonyl (C=O) groups is 3. The van der Waals surface area contributed by atoms with Gasteiger partial charge in [-0.3, -0.25) is 19.3 Å². The summed E-state index contributed by atoms with van der Waals surface area (Å²) in [5.41, 5.74) is 4.40. The van der Waals surface area contributed by atoms with Crippen LogP contribution in [0.2, 0.25) is 0 Å². The molecule has 0 spiro atoms. The molecule has 3 aromatic carbocycles. The Morgan fingerprint density at radius 3 is 2.62 bits per heavy atom. The van der Waals surface area contributed by atoms with Crippen molar-refractivity contribution in [3.05, 3.63) is 89.7 Å². The fraction of sp³-hybridized carbons (Fsp3) is 0.0833. The van der Waals surface area contributed by atoms with Crippen LogP contribution in [0.15, 0.2) is 73.1 Å². The minimum absolute atomic E-state index is 0.180. The van der Waals surface area contributed by atoms with Crippen molar-refractivity contribution in [2.45, 2.75) is 6.17 Å². The van der Waals surface area contributed by atoms with Crippen LogP contribution in [0.1, 0.15) is 32.4 Å². The number of anilines is 2. The van der Waals surface area contributed by atoms with Crippen molar-refractivity contribution in [1.82, 2.24) is 14.9 Å². The zero-order chi connectivity index (χ0) is 21.8. The number of hydrogen-bond acceptors (Lipinski definition) is 4. The molecule has 1 atom stereocenters. The molecule has 0 aliphatic carbocycles. The van der Waals surface area contributed by atoms with Crippen LogP contribution >= 0.6 is 0 Å². The lowest BCUT2D eigenvalue weighted by atomic mass is 10.0. The lowest BCUT2D eigenvalue weighted by Crippen LogP contribution is -2.50. The summed E-state index contributed by atoms with van der Waals surface area (Å²) in [6, 6.07) is 19.6. The van der Waals surface area contributed by atoms with Gasteiger partial charge in [-0.15, -0.1) is 0 Å². The second kappa shape index (κ2) is 6.78. The summed E-state index contributed by atoms with van der Waals surface area (Å²) in [5.74, 6) is -0.820. The molecular weight excluding hydrogens is 406 g/mol. The van der Waals surface area contributed by atoms with Crippen molar-refractivity contribution in [3.63, 3.8) is 0 Å². The predicted molar refractivity (Wildman–Crippen MR) is 118 cm³/mol. The Morgan fingerprint density at radius 2 is 1.75 bits per heavy atom. The highest BCUT2D eigenvalue weighted by Crippen LogP contribution is 2.44. The van der Waals surface area contributed by atoms with E-state index in [1.54, 1.807) is 65.8 Å². The summed E-state index contributed by atoms with van der Waals surface area (Å²) in [7, 11) is 0. The Kier molecular flexibility index (Phi) is 3.88. The van der Waals surface area contributed by atoms with E-state index >= 15 is 0 Å². The second-order valence-corrected chi connectivity index (χ2v) is 7.77. The number of nitrogens with zero attached hydrogens (tertiary/aromatic N) is 3. The van der Waals surface area contributed by atoms with Crippen LogP contribution in [0, 0.1) is 0 Å². The molecule has 1 aromatic heterocycles. The normalized spacial score (nSPS) is 16.7. The lowest BCUT2D eigenvalue weighted by molar-refractivity contribution is -0.117. The standard InChI is InChI=1S/C24H17N5O3/c30-21(27-14-9-10-18-19(11-14)26-13-25-18)12-28-22-15-5-1-2-6-16(15)24(32)29(22)20-8-4-3-7-17(20)23(28)31/h1-11,13,22H,12H2,(H,25,26)(H,27,30). The molecule has 8 heteroatoms. The Balaban J connectivity index is 1.36. The van der Waals surface area contributed by atoms with Crippen molar-refractivity contribution in [1.29, 1.82) is 0 Å². The van der Waals surface area contributed by atoms with E-state index in [0.29, 0.717) is 28.1 Å². The average Bonchev–Trinajstić information content (AvgIpc) is 3.39. The number of nitrogens with one attached hydrogen (secondary N) is 2.